The van der Waals surface area contributed by atoms with Crippen LogP contribution in [0.25, 0.3) is 0 Å². The maximum Gasteiger partial charge on any atom is 0.313 e. The molecule has 0 spiro atoms. The van der Waals surface area contributed by atoms with Gasteiger partial charge in [-0.05, 0) is 25.1 Å². The number of rotatable bonds is 8. The van der Waals surface area contributed by atoms with Crippen LogP contribution in [0.5, 0.6) is 5.75 Å². The molecule has 0 aromatic heterocycles. The molecule has 136 valence electrons. The molecule has 2 aromatic carbocycles. The van der Waals surface area contributed by atoms with Gasteiger partial charge in [0.25, 0.3) is 0 Å². The summed E-state index contributed by atoms with van der Waals surface area (Å²) in [5, 5.41) is 14.5. The number of nitro groups is 1. The molecule has 0 unspecified atom stereocenters. The molecule has 2 aromatic rings. The molecule has 0 atom stereocenters. The van der Waals surface area contributed by atoms with Gasteiger partial charge in [0.2, 0.25) is 0 Å². The monoisotopic (exact) mass is 358 g/mol. The van der Waals surface area contributed by atoms with Gasteiger partial charge in [-0.3, -0.25) is 19.7 Å². The van der Waals surface area contributed by atoms with Crippen molar-refractivity contribution in [2.24, 2.45) is 0 Å². The smallest absolute Gasteiger partial charge is 0.313 e. The first-order chi connectivity index (χ1) is 12.5. The summed E-state index contributed by atoms with van der Waals surface area (Å²) in [4.78, 5) is 35.0. The van der Waals surface area contributed by atoms with Crippen molar-refractivity contribution in [3.05, 3.63) is 58.1 Å². The number of para-hydroxylation sites is 1. The standard InChI is InChI=1S/C18H18N2O6/c1-3-26-17(22)11-16(21)14-9-13(25-2)10-15(18(14)20(23)24)19-12-7-5-4-6-8-12/h4-10,19H,3,11H2,1-2H3. The minimum atomic E-state index is -0.743. The van der Waals surface area contributed by atoms with E-state index in [9.17, 15) is 19.7 Å². The molecule has 8 nitrogen and oxygen atoms in total. The normalized spacial score (nSPS) is 10.1. The zero-order valence-corrected chi connectivity index (χ0v) is 14.4. The summed E-state index contributed by atoms with van der Waals surface area (Å²) in [7, 11) is 1.38. The van der Waals surface area contributed by atoms with Crippen LogP contribution in [0, 0.1) is 10.1 Å². The third-order valence-corrected chi connectivity index (χ3v) is 3.47. The number of ether oxygens (including phenoxy) is 2. The van der Waals surface area contributed by atoms with E-state index in [0.717, 1.165) is 0 Å². The van der Waals surface area contributed by atoms with Gasteiger partial charge in [0, 0.05) is 11.8 Å². The Kier molecular flexibility index (Phi) is 6.26. The number of anilines is 2. The Morgan fingerprint density at radius 2 is 1.88 bits per heavy atom. The molecule has 0 saturated heterocycles. The maximum absolute atomic E-state index is 12.4. The van der Waals surface area contributed by atoms with Gasteiger partial charge < -0.3 is 14.8 Å². The first-order valence-electron chi connectivity index (χ1n) is 7.83. The van der Waals surface area contributed by atoms with Crippen molar-refractivity contribution >= 4 is 28.8 Å². The van der Waals surface area contributed by atoms with Crippen LogP contribution in [0.4, 0.5) is 17.1 Å². The first-order valence-corrected chi connectivity index (χ1v) is 7.83. The molecular formula is C18H18N2O6. The van der Waals surface area contributed by atoms with Gasteiger partial charge in [0.1, 0.15) is 23.4 Å². The quantitative estimate of drug-likeness (QED) is 0.253. The van der Waals surface area contributed by atoms with E-state index in [-0.39, 0.29) is 23.6 Å². The lowest BCUT2D eigenvalue weighted by Gasteiger charge is -2.12. The molecule has 0 aliphatic heterocycles. The number of nitrogens with zero attached hydrogens (tertiary/aromatic N) is 1. The van der Waals surface area contributed by atoms with E-state index < -0.39 is 28.8 Å². The average molecular weight is 358 g/mol. The summed E-state index contributed by atoms with van der Waals surface area (Å²) in [6.07, 6.45) is -0.591. The summed E-state index contributed by atoms with van der Waals surface area (Å²) in [6, 6.07) is 11.5. The maximum atomic E-state index is 12.4. The van der Waals surface area contributed by atoms with Crippen molar-refractivity contribution in [3.8, 4) is 5.75 Å². The third kappa shape index (κ3) is 4.56. The van der Waals surface area contributed by atoms with Crippen LogP contribution in [0.15, 0.2) is 42.5 Å². The second-order valence-electron chi connectivity index (χ2n) is 5.22. The fourth-order valence-corrected chi connectivity index (χ4v) is 2.35. The lowest BCUT2D eigenvalue weighted by atomic mass is 10.0. The van der Waals surface area contributed by atoms with Gasteiger partial charge in [-0.15, -0.1) is 0 Å². The van der Waals surface area contributed by atoms with Crippen molar-refractivity contribution in [1.29, 1.82) is 0 Å². The minimum Gasteiger partial charge on any atom is -0.497 e. The van der Waals surface area contributed by atoms with E-state index >= 15 is 0 Å². The predicted octanol–water partition coefficient (Wildman–Crippen LogP) is 3.48. The molecule has 0 amide bonds. The van der Waals surface area contributed by atoms with Gasteiger partial charge in [-0.25, -0.2) is 0 Å². The molecule has 0 aliphatic rings. The highest BCUT2D eigenvalue weighted by molar-refractivity contribution is 6.10. The number of hydrogen-bond acceptors (Lipinski definition) is 7. The highest BCUT2D eigenvalue weighted by atomic mass is 16.6. The Bertz CT molecular complexity index is 820. The van der Waals surface area contributed by atoms with Crippen LogP contribution in [0.2, 0.25) is 0 Å². The van der Waals surface area contributed by atoms with Crippen molar-refractivity contribution < 1.29 is 24.0 Å². The van der Waals surface area contributed by atoms with Crippen molar-refractivity contribution in [2.75, 3.05) is 19.0 Å². The predicted molar refractivity (Wildman–Crippen MR) is 95.0 cm³/mol. The molecule has 0 aliphatic carbocycles. The summed E-state index contributed by atoms with van der Waals surface area (Å²) in [6.45, 7) is 1.73. The summed E-state index contributed by atoms with van der Waals surface area (Å²) in [5.41, 5.74) is 0.0465. The van der Waals surface area contributed by atoms with Crippen molar-refractivity contribution in [2.45, 2.75) is 13.3 Å². The summed E-state index contributed by atoms with van der Waals surface area (Å²) < 4.78 is 9.88. The van der Waals surface area contributed by atoms with E-state index in [0.29, 0.717) is 5.69 Å². The van der Waals surface area contributed by atoms with Gasteiger partial charge in [-0.1, -0.05) is 18.2 Å². The van der Waals surface area contributed by atoms with E-state index in [1.165, 1.54) is 19.2 Å². The first kappa shape index (κ1) is 18.9. The van der Waals surface area contributed by atoms with E-state index in [2.05, 4.69) is 5.32 Å². The van der Waals surface area contributed by atoms with Crippen LogP contribution in [-0.4, -0.2) is 30.4 Å². The second kappa shape index (κ2) is 8.61. The minimum absolute atomic E-state index is 0.0905. The number of nitrogens with one attached hydrogen (secondary N) is 1. The van der Waals surface area contributed by atoms with Gasteiger partial charge >= 0.3 is 11.7 Å². The lowest BCUT2D eigenvalue weighted by molar-refractivity contribution is -0.384. The zero-order chi connectivity index (χ0) is 19.1. The molecule has 0 bridgehead atoms. The largest absolute Gasteiger partial charge is 0.497 e. The van der Waals surface area contributed by atoms with E-state index in [4.69, 9.17) is 9.47 Å². The number of benzene rings is 2. The number of Topliss-reactive ketones (excluding diaryl/α,β-unsaturated/α-hetero) is 1. The Balaban J connectivity index is 2.49. The number of hydrogen-bond donors (Lipinski definition) is 1. The molecule has 0 saturated carbocycles. The highest BCUT2D eigenvalue weighted by Gasteiger charge is 2.28. The number of esters is 1. The van der Waals surface area contributed by atoms with E-state index in [1.54, 1.807) is 37.3 Å². The fourth-order valence-electron chi connectivity index (χ4n) is 2.35. The summed E-state index contributed by atoms with van der Waals surface area (Å²) >= 11 is 0. The zero-order valence-electron chi connectivity index (χ0n) is 14.4. The average Bonchev–Trinajstić information content (AvgIpc) is 2.61. The number of carbonyl (C=O) groups excluding carboxylic acids is 2. The Hall–Kier alpha value is -3.42. The Morgan fingerprint density at radius 1 is 1.19 bits per heavy atom. The number of methoxy groups -OCH3 is 1. The molecule has 8 heteroatoms. The molecule has 0 fully saturated rings. The van der Waals surface area contributed by atoms with Crippen LogP contribution >= 0.6 is 0 Å². The Morgan fingerprint density at radius 3 is 2.46 bits per heavy atom. The highest BCUT2D eigenvalue weighted by Crippen LogP contribution is 2.36. The molecule has 26 heavy (non-hydrogen) atoms. The van der Waals surface area contributed by atoms with Crippen LogP contribution in [0.1, 0.15) is 23.7 Å². The Labute approximate surface area is 149 Å². The van der Waals surface area contributed by atoms with Gasteiger partial charge in [-0.2, -0.15) is 0 Å². The number of nitro benzene ring substituents is 1. The van der Waals surface area contributed by atoms with Crippen molar-refractivity contribution in [1.82, 2.24) is 0 Å². The topological polar surface area (TPSA) is 108 Å². The molecule has 0 heterocycles. The number of ketones is 1. The number of carbonyl (C=O) groups is 2. The third-order valence-electron chi connectivity index (χ3n) is 3.47. The van der Waals surface area contributed by atoms with E-state index in [1.807, 2.05) is 0 Å². The van der Waals surface area contributed by atoms with Crippen LogP contribution in [0.3, 0.4) is 0 Å². The van der Waals surface area contributed by atoms with Crippen LogP contribution in [-0.2, 0) is 9.53 Å². The molecule has 0 radical (unpaired) electrons. The summed E-state index contributed by atoms with van der Waals surface area (Å²) in [5.74, 6) is -1.21. The van der Waals surface area contributed by atoms with Crippen molar-refractivity contribution in [3.63, 3.8) is 0 Å². The molecule has 2 rings (SSSR count). The lowest BCUT2D eigenvalue weighted by Crippen LogP contribution is -2.14. The molecular weight excluding hydrogens is 340 g/mol. The second-order valence-corrected chi connectivity index (χ2v) is 5.22. The van der Waals surface area contributed by atoms with Gasteiger partial charge in [0.05, 0.1) is 18.6 Å². The SMILES string of the molecule is CCOC(=O)CC(=O)c1cc(OC)cc(Nc2ccccc2)c1[N+](=O)[O-]. The fraction of sp³-hybridized carbons (Fsp3) is 0.222. The van der Waals surface area contributed by atoms with Gasteiger partial charge in [0.15, 0.2) is 5.78 Å². The molecule has 1 N–H and O–H groups in total. The van der Waals surface area contributed by atoms with Crippen LogP contribution < -0.4 is 10.1 Å².